The second kappa shape index (κ2) is 8.58. The zero-order valence-electron chi connectivity index (χ0n) is 14.1. The predicted molar refractivity (Wildman–Crippen MR) is 90.4 cm³/mol. The van der Waals surface area contributed by atoms with Crippen LogP contribution in [0.3, 0.4) is 0 Å². The highest BCUT2D eigenvalue weighted by Crippen LogP contribution is 2.38. The van der Waals surface area contributed by atoms with E-state index < -0.39 is 6.11 Å². The second-order valence-electron chi connectivity index (χ2n) is 6.87. The summed E-state index contributed by atoms with van der Waals surface area (Å²) in [5, 5.41) is 0. The number of aryl methyl sites for hydroxylation is 1. The van der Waals surface area contributed by atoms with E-state index in [2.05, 4.69) is 6.58 Å². The van der Waals surface area contributed by atoms with Crippen LogP contribution >= 0.6 is 0 Å². The van der Waals surface area contributed by atoms with Crippen LogP contribution in [-0.4, -0.2) is 6.11 Å². The summed E-state index contributed by atoms with van der Waals surface area (Å²) in [6, 6.07) is 7.52. The Kier molecular flexibility index (Phi) is 6.76. The number of hydrogen-bond acceptors (Lipinski definition) is 1. The fourth-order valence-corrected chi connectivity index (χ4v) is 3.35. The Morgan fingerprint density at radius 1 is 1.13 bits per heavy atom. The van der Waals surface area contributed by atoms with Crippen molar-refractivity contribution >= 4 is 0 Å². The molecule has 1 aliphatic carbocycles. The van der Waals surface area contributed by atoms with Gasteiger partial charge < -0.3 is 4.74 Å². The zero-order chi connectivity index (χ0) is 16.7. The van der Waals surface area contributed by atoms with Gasteiger partial charge in [0.2, 0.25) is 0 Å². The number of alkyl halides is 2. The standard InChI is InChI=1S/C20H28F2O/c1-3-4-5-17-10-12-18(13-11-17)14-20(21,22)23-15-19-8-6-16(2)7-9-19/h3,6-9,17-18H,1,4-5,10-15H2,2H3/t17-,18-. The van der Waals surface area contributed by atoms with Crippen LogP contribution in [-0.2, 0) is 11.3 Å². The van der Waals surface area contributed by atoms with Crippen molar-refractivity contribution < 1.29 is 13.5 Å². The third kappa shape index (κ3) is 6.42. The molecule has 1 fully saturated rings. The lowest BCUT2D eigenvalue weighted by molar-refractivity contribution is -0.256. The van der Waals surface area contributed by atoms with Gasteiger partial charge in [-0.3, -0.25) is 0 Å². The number of hydrogen-bond donors (Lipinski definition) is 0. The van der Waals surface area contributed by atoms with Crippen molar-refractivity contribution in [3.63, 3.8) is 0 Å². The topological polar surface area (TPSA) is 9.23 Å². The van der Waals surface area contributed by atoms with Crippen LogP contribution in [0.25, 0.3) is 0 Å². The Morgan fingerprint density at radius 3 is 2.35 bits per heavy atom. The second-order valence-corrected chi connectivity index (χ2v) is 6.87. The van der Waals surface area contributed by atoms with Crippen LogP contribution in [0.4, 0.5) is 8.78 Å². The fraction of sp³-hybridized carbons (Fsp3) is 0.600. The zero-order valence-corrected chi connectivity index (χ0v) is 14.1. The van der Waals surface area contributed by atoms with Crippen molar-refractivity contribution in [1.29, 1.82) is 0 Å². The molecule has 1 aromatic carbocycles. The maximum atomic E-state index is 14.0. The van der Waals surface area contributed by atoms with Crippen LogP contribution in [0.2, 0.25) is 0 Å². The van der Waals surface area contributed by atoms with Gasteiger partial charge in [-0.25, -0.2) is 0 Å². The molecule has 0 bridgehead atoms. The number of ether oxygens (including phenoxy) is 1. The summed E-state index contributed by atoms with van der Waals surface area (Å²) in [5.41, 5.74) is 1.91. The molecule has 23 heavy (non-hydrogen) atoms. The van der Waals surface area contributed by atoms with Gasteiger partial charge in [0, 0.05) is 6.42 Å². The van der Waals surface area contributed by atoms with E-state index in [0.717, 1.165) is 49.7 Å². The molecule has 0 radical (unpaired) electrons. The van der Waals surface area contributed by atoms with Gasteiger partial charge >= 0.3 is 6.11 Å². The lowest BCUT2D eigenvalue weighted by Gasteiger charge is -2.30. The molecular formula is C20H28F2O. The summed E-state index contributed by atoms with van der Waals surface area (Å²) in [6.07, 6.45) is 4.87. The number of benzene rings is 1. The van der Waals surface area contributed by atoms with Crippen molar-refractivity contribution in [2.45, 2.75) is 64.6 Å². The molecule has 0 N–H and O–H groups in total. The van der Waals surface area contributed by atoms with Crippen molar-refractivity contribution in [3.8, 4) is 0 Å². The first-order valence-corrected chi connectivity index (χ1v) is 8.67. The highest BCUT2D eigenvalue weighted by molar-refractivity contribution is 5.20. The van der Waals surface area contributed by atoms with Crippen LogP contribution < -0.4 is 0 Å². The molecule has 0 aromatic heterocycles. The molecule has 0 aliphatic heterocycles. The Morgan fingerprint density at radius 2 is 1.74 bits per heavy atom. The van der Waals surface area contributed by atoms with Gasteiger partial charge in [0.15, 0.2) is 0 Å². The fourth-order valence-electron chi connectivity index (χ4n) is 3.35. The van der Waals surface area contributed by atoms with E-state index in [-0.39, 0.29) is 18.9 Å². The van der Waals surface area contributed by atoms with E-state index >= 15 is 0 Å². The third-order valence-electron chi connectivity index (χ3n) is 4.84. The van der Waals surface area contributed by atoms with Crippen LogP contribution in [0.15, 0.2) is 36.9 Å². The maximum absolute atomic E-state index is 14.0. The van der Waals surface area contributed by atoms with Gasteiger partial charge in [0.05, 0.1) is 6.61 Å². The first-order chi connectivity index (χ1) is 11.0. The molecule has 0 atom stereocenters. The van der Waals surface area contributed by atoms with Crippen molar-refractivity contribution in [2.75, 3.05) is 0 Å². The Bertz CT molecular complexity index is 473. The molecule has 2 rings (SSSR count). The average Bonchev–Trinajstić information content (AvgIpc) is 2.53. The summed E-state index contributed by atoms with van der Waals surface area (Å²) in [7, 11) is 0. The lowest BCUT2D eigenvalue weighted by atomic mass is 9.78. The van der Waals surface area contributed by atoms with Gasteiger partial charge in [0.1, 0.15) is 0 Å². The molecule has 0 unspecified atom stereocenters. The van der Waals surface area contributed by atoms with Crippen molar-refractivity contribution in [3.05, 3.63) is 48.0 Å². The molecule has 3 heteroatoms. The highest BCUT2D eigenvalue weighted by atomic mass is 19.3. The summed E-state index contributed by atoms with van der Waals surface area (Å²) in [4.78, 5) is 0. The van der Waals surface area contributed by atoms with E-state index in [9.17, 15) is 8.78 Å². The summed E-state index contributed by atoms with van der Waals surface area (Å²) in [6.45, 7) is 5.69. The SMILES string of the molecule is C=CCC[C@H]1CC[C@H](CC(F)(F)OCc2ccc(C)cc2)CC1. The van der Waals surface area contributed by atoms with E-state index in [4.69, 9.17) is 4.74 Å². The van der Waals surface area contributed by atoms with Crippen LogP contribution in [0.5, 0.6) is 0 Å². The number of halogens is 2. The molecule has 1 nitrogen and oxygen atoms in total. The highest BCUT2D eigenvalue weighted by Gasteiger charge is 2.35. The molecule has 1 saturated carbocycles. The maximum Gasteiger partial charge on any atom is 0.356 e. The molecule has 0 heterocycles. The normalized spacial score (nSPS) is 22.0. The Hall–Kier alpha value is -1.22. The molecule has 1 aromatic rings. The van der Waals surface area contributed by atoms with E-state index in [1.165, 1.54) is 0 Å². The van der Waals surface area contributed by atoms with Gasteiger partial charge in [-0.15, -0.1) is 6.58 Å². The van der Waals surface area contributed by atoms with Gasteiger partial charge in [-0.2, -0.15) is 8.78 Å². The van der Waals surface area contributed by atoms with Crippen molar-refractivity contribution in [1.82, 2.24) is 0 Å². The van der Waals surface area contributed by atoms with Gasteiger partial charge in [-0.1, -0.05) is 48.7 Å². The minimum atomic E-state index is -3.02. The third-order valence-corrected chi connectivity index (χ3v) is 4.84. The van der Waals surface area contributed by atoms with Crippen LogP contribution in [0.1, 0.15) is 56.1 Å². The monoisotopic (exact) mass is 322 g/mol. The molecule has 0 saturated heterocycles. The summed E-state index contributed by atoms with van der Waals surface area (Å²) >= 11 is 0. The van der Waals surface area contributed by atoms with Gasteiger partial charge in [-0.05, 0) is 50.0 Å². The lowest BCUT2D eigenvalue weighted by Crippen LogP contribution is -2.27. The van der Waals surface area contributed by atoms with E-state index in [1.807, 2.05) is 37.3 Å². The van der Waals surface area contributed by atoms with Crippen molar-refractivity contribution in [2.24, 2.45) is 11.8 Å². The smallest absolute Gasteiger partial charge is 0.316 e. The molecular weight excluding hydrogens is 294 g/mol. The largest absolute Gasteiger partial charge is 0.356 e. The predicted octanol–water partition coefficient (Wildman–Crippen LogP) is 6.27. The Balaban J connectivity index is 1.73. The quantitative estimate of drug-likeness (QED) is 0.513. The molecule has 1 aliphatic rings. The first-order valence-electron chi connectivity index (χ1n) is 8.67. The number of rotatable bonds is 8. The Labute approximate surface area is 138 Å². The van der Waals surface area contributed by atoms with E-state index in [1.54, 1.807) is 0 Å². The molecule has 128 valence electrons. The minimum Gasteiger partial charge on any atom is -0.316 e. The number of allylic oxidation sites excluding steroid dienone is 1. The first kappa shape index (κ1) is 18.1. The summed E-state index contributed by atoms with van der Waals surface area (Å²) in [5.74, 6) is 0.773. The average molecular weight is 322 g/mol. The van der Waals surface area contributed by atoms with E-state index in [0.29, 0.717) is 5.92 Å². The van der Waals surface area contributed by atoms with Crippen LogP contribution in [0, 0.1) is 18.8 Å². The molecule has 0 amide bonds. The van der Waals surface area contributed by atoms with Gasteiger partial charge in [0.25, 0.3) is 0 Å². The molecule has 0 spiro atoms. The minimum absolute atomic E-state index is 0.0258. The summed E-state index contributed by atoms with van der Waals surface area (Å²) < 4.78 is 33.0.